The molecule has 132 valence electrons. The third kappa shape index (κ3) is 3.34. The Hall–Kier alpha value is -1.96. The van der Waals surface area contributed by atoms with Crippen LogP contribution < -0.4 is 5.32 Å². The Labute approximate surface area is 165 Å². The number of carbonyl (C=O) groups excluding carboxylic acids is 1. The monoisotopic (exact) mass is 449 g/mol. The minimum atomic E-state index is -0.991. The summed E-state index contributed by atoms with van der Waals surface area (Å²) < 4.78 is 14.4. The van der Waals surface area contributed by atoms with Crippen molar-refractivity contribution >= 4 is 50.1 Å². The average molecular weight is 451 g/mol. The van der Waals surface area contributed by atoms with Gasteiger partial charge in [-0.05, 0) is 36.4 Å². The highest BCUT2D eigenvalue weighted by atomic mass is 79.9. The van der Waals surface area contributed by atoms with Crippen LogP contribution in [0.1, 0.15) is 21.6 Å². The van der Waals surface area contributed by atoms with Gasteiger partial charge in [0.15, 0.2) is 0 Å². The fourth-order valence-corrected chi connectivity index (χ4v) is 4.71. The van der Waals surface area contributed by atoms with Gasteiger partial charge in [0.1, 0.15) is 5.82 Å². The highest BCUT2D eigenvalue weighted by Crippen LogP contribution is 2.32. The molecule has 0 bridgehead atoms. The highest BCUT2D eigenvalue weighted by molar-refractivity contribution is 9.10. The summed E-state index contributed by atoms with van der Waals surface area (Å²) in [4.78, 5) is 12.7. The van der Waals surface area contributed by atoms with Gasteiger partial charge in [-0.15, -0.1) is 0 Å². The van der Waals surface area contributed by atoms with Gasteiger partial charge in [0.25, 0.3) is 5.91 Å². The zero-order chi connectivity index (χ0) is 18.3. The molecule has 0 saturated carbocycles. The van der Waals surface area contributed by atoms with Gasteiger partial charge in [-0.3, -0.25) is 9.00 Å². The summed E-state index contributed by atoms with van der Waals surface area (Å²) in [6, 6.07) is 14.4. The minimum absolute atomic E-state index is 0.255. The number of nitrogens with zero attached hydrogens (tertiary/aromatic N) is 2. The van der Waals surface area contributed by atoms with Crippen LogP contribution in [0.3, 0.4) is 0 Å². The molecule has 1 N–H and O–H groups in total. The van der Waals surface area contributed by atoms with Crippen molar-refractivity contribution in [1.82, 2.24) is 9.78 Å². The van der Waals surface area contributed by atoms with E-state index >= 15 is 0 Å². The first-order valence-corrected chi connectivity index (χ1v) is 10.5. The van der Waals surface area contributed by atoms with Crippen molar-refractivity contribution in [2.45, 2.75) is 11.5 Å². The average Bonchev–Trinajstić information content (AvgIpc) is 3.12. The van der Waals surface area contributed by atoms with E-state index in [4.69, 9.17) is 11.6 Å². The molecule has 26 heavy (non-hydrogen) atoms. The molecule has 0 saturated heterocycles. The predicted octanol–water partition coefficient (Wildman–Crippen LogP) is 4.30. The summed E-state index contributed by atoms with van der Waals surface area (Å²) in [5, 5.41) is 8.07. The molecule has 5 nitrogen and oxygen atoms in total. The van der Waals surface area contributed by atoms with E-state index in [0.717, 1.165) is 21.4 Å². The lowest BCUT2D eigenvalue weighted by atomic mass is 10.2. The molecule has 0 unspecified atom stereocenters. The van der Waals surface area contributed by atoms with Crippen LogP contribution in [0.4, 0.5) is 5.82 Å². The van der Waals surface area contributed by atoms with E-state index < -0.39 is 10.8 Å². The van der Waals surface area contributed by atoms with Crippen molar-refractivity contribution in [1.29, 1.82) is 0 Å². The van der Waals surface area contributed by atoms with Crippen LogP contribution in [-0.2, 0) is 22.3 Å². The lowest BCUT2D eigenvalue weighted by Crippen LogP contribution is -2.16. The Morgan fingerprint density at radius 1 is 1.19 bits per heavy atom. The number of nitrogens with one attached hydrogen (secondary N) is 1. The topological polar surface area (TPSA) is 64.0 Å². The van der Waals surface area contributed by atoms with Crippen molar-refractivity contribution in [3.8, 4) is 5.69 Å². The van der Waals surface area contributed by atoms with Crippen molar-refractivity contribution in [2.24, 2.45) is 0 Å². The molecule has 1 atom stereocenters. The zero-order valence-electron chi connectivity index (χ0n) is 13.4. The van der Waals surface area contributed by atoms with E-state index in [2.05, 4.69) is 26.3 Å². The second kappa shape index (κ2) is 6.98. The largest absolute Gasteiger partial charge is 0.306 e. The van der Waals surface area contributed by atoms with Crippen molar-refractivity contribution in [2.75, 3.05) is 5.32 Å². The minimum Gasteiger partial charge on any atom is -0.306 e. The van der Waals surface area contributed by atoms with Gasteiger partial charge in [0.05, 0.1) is 22.9 Å². The van der Waals surface area contributed by atoms with Gasteiger partial charge in [-0.25, -0.2) is 4.68 Å². The number of anilines is 1. The molecule has 8 heteroatoms. The molecule has 0 radical (unpaired) electrons. The molecule has 0 aliphatic carbocycles. The lowest BCUT2D eigenvalue weighted by Gasteiger charge is -2.11. The van der Waals surface area contributed by atoms with Gasteiger partial charge < -0.3 is 5.32 Å². The van der Waals surface area contributed by atoms with Crippen LogP contribution in [-0.4, -0.2) is 19.9 Å². The summed E-state index contributed by atoms with van der Waals surface area (Å²) in [7, 11) is -0.991. The third-order valence-corrected chi connectivity index (χ3v) is 5.98. The van der Waals surface area contributed by atoms with E-state index in [1.54, 1.807) is 35.0 Å². The molecule has 2 aromatic carbocycles. The number of halogens is 2. The Kier molecular flexibility index (Phi) is 4.69. The Morgan fingerprint density at radius 2 is 2.00 bits per heavy atom. The van der Waals surface area contributed by atoms with Crippen LogP contribution in [0, 0.1) is 0 Å². The molecular formula is C18H13BrClN3O2S. The van der Waals surface area contributed by atoms with Crippen LogP contribution in [0.25, 0.3) is 5.69 Å². The van der Waals surface area contributed by atoms with E-state index in [0.29, 0.717) is 27.9 Å². The van der Waals surface area contributed by atoms with Gasteiger partial charge >= 0.3 is 0 Å². The molecule has 4 rings (SSSR count). The van der Waals surface area contributed by atoms with Crippen molar-refractivity contribution in [3.63, 3.8) is 0 Å². The van der Waals surface area contributed by atoms with Gasteiger partial charge in [-0.1, -0.05) is 39.7 Å². The van der Waals surface area contributed by atoms with E-state index in [9.17, 15) is 9.00 Å². The van der Waals surface area contributed by atoms with Gasteiger partial charge in [-0.2, -0.15) is 5.10 Å². The Bertz CT molecular complexity index is 1050. The molecule has 3 aromatic rings. The predicted molar refractivity (Wildman–Crippen MR) is 106 cm³/mol. The smallest absolute Gasteiger partial charge is 0.256 e. The number of amides is 1. The van der Waals surface area contributed by atoms with E-state index in [1.807, 2.05) is 18.2 Å². The first-order valence-electron chi connectivity index (χ1n) is 7.80. The fraction of sp³-hybridized carbons (Fsp3) is 0.111. The quantitative estimate of drug-likeness (QED) is 0.647. The van der Waals surface area contributed by atoms with Crippen LogP contribution in [0.2, 0.25) is 5.02 Å². The molecule has 1 aromatic heterocycles. The number of hydrogen-bond acceptors (Lipinski definition) is 3. The molecule has 1 aliphatic heterocycles. The number of rotatable bonds is 3. The van der Waals surface area contributed by atoms with E-state index in [-0.39, 0.29) is 5.91 Å². The zero-order valence-corrected chi connectivity index (χ0v) is 16.6. The lowest BCUT2D eigenvalue weighted by molar-refractivity contribution is 0.102. The van der Waals surface area contributed by atoms with Crippen molar-refractivity contribution < 1.29 is 9.00 Å². The highest BCUT2D eigenvalue weighted by Gasteiger charge is 2.28. The third-order valence-electron chi connectivity index (χ3n) is 4.04. The van der Waals surface area contributed by atoms with Gasteiger partial charge in [0, 0.05) is 31.4 Å². The second-order valence-electron chi connectivity index (χ2n) is 5.86. The maximum Gasteiger partial charge on any atom is 0.256 e. The summed E-state index contributed by atoms with van der Waals surface area (Å²) in [5.41, 5.74) is 2.81. The van der Waals surface area contributed by atoms with Crippen LogP contribution in [0.15, 0.2) is 53.0 Å². The van der Waals surface area contributed by atoms with Crippen LogP contribution >= 0.6 is 27.5 Å². The fourth-order valence-electron chi connectivity index (χ4n) is 2.86. The number of aromatic nitrogens is 2. The van der Waals surface area contributed by atoms with Crippen LogP contribution in [0.5, 0.6) is 0 Å². The molecule has 2 heterocycles. The maximum atomic E-state index is 12.7. The molecule has 1 aliphatic rings. The first-order chi connectivity index (χ1) is 12.5. The van der Waals surface area contributed by atoms with Gasteiger partial charge in [0.2, 0.25) is 0 Å². The number of benzene rings is 2. The summed E-state index contributed by atoms with van der Waals surface area (Å²) in [5.74, 6) is 1.06. The Morgan fingerprint density at radius 3 is 2.77 bits per heavy atom. The summed E-state index contributed by atoms with van der Waals surface area (Å²) in [6.07, 6.45) is 0. The van der Waals surface area contributed by atoms with Crippen molar-refractivity contribution in [3.05, 3.63) is 74.8 Å². The molecule has 1 amide bonds. The molecule has 0 spiro atoms. The second-order valence-corrected chi connectivity index (χ2v) is 8.67. The maximum absolute atomic E-state index is 12.7. The van der Waals surface area contributed by atoms with E-state index in [1.165, 1.54) is 0 Å². The number of carbonyl (C=O) groups is 1. The summed E-state index contributed by atoms with van der Waals surface area (Å²) >= 11 is 9.47. The normalized spacial score (nSPS) is 15.7. The first kappa shape index (κ1) is 17.5. The summed E-state index contributed by atoms with van der Waals surface area (Å²) in [6.45, 7) is 0. The molecule has 0 fully saturated rings. The molecular weight excluding hydrogens is 438 g/mol. The standard InChI is InChI=1S/C18H13BrClN3O2S/c19-12-4-1-3-11(7-12)18(24)21-17-15-9-26(25)10-16(15)22-23(17)14-6-2-5-13(20)8-14/h1-8H,9-10H2,(H,21,24)/t26-/m1/s1. The Balaban J connectivity index is 1.77. The SMILES string of the molecule is O=C(Nc1c2c(nn1-c1cccc(Cl)c1)C[S@](=O)C2)c1cccc(Br)c1. The number of fused-ring (bicyclic) bond motifs is 1. The number of hydrogen-bond donors (Lipinski definition) is 1.